The van der Waals surface area contributed by atoms with Crippen molar-refractivity contribution in [1.82, 2.24) is 15.2 Å². The number of phenolic OH excluding ortho intramolecular Hbond substituents is 1. The Hall–Kier alpha value is -4.26. The zero-order chi connectivity index (χ0) is 21.0. The van der Waals surface area contributed by atoms with Crippen molar-refractivity contribution in [3.63, 3.8) is 0 Å². The smallest absolute Gasteiger partial charge is 0.433 e. The van der Waals surface area contributed by atoms with Crippen LogP contribution in [-0.2, 0) is 7.05 Å². The number of carbonyl (C=O) groups excluding carboxylic acids is 2. The number of amides is 2. The zero-order valence-corrected chi connectivity index (χ0v) is 15.3. The number of fused-ring (bicyclic) bond motifs is 1. The van der Waals surface area contributed by atoms with Gasteiger partial charge in [-0.2, -0.15) is 0 Å². The number of carbonyl (C=O) groups is 2. The highest BCUT2D eigenvalue weighted by atomic mass is 16.6. The lowest BCUT2D eigenvalue weighted by molar-refractivity contribution is -0.402. The first-order valence-electron chi connectivity index (χ1n) is 8.42. The molecule has 0 aliphatic rings. The van der Waals surface area contributed by atoms with Crippen LogP contribution in [0.1, 0.15) is 21.0 Å². The van der Waals surface area contributed by atoms with Crippen LogP contribution in [0.4, 0.5) is 5.88 Å². The van der Waals surface area contributed by atoms with Gasteiger partial charge in [0.2, 0.25) is 0 Å². The number of benzene rings is 1. The molecule has 0 aliphatic carbocycles. The van der Waals surface area contributed by atoms with Gasteiger partial charge in [0.05, 0.1) is 24.7 Å². The van der Waals surface area contributed by atoms with E-state index in [9.17, 15) is 24.8 Å². The summed E-state index contributed by atoms with van der Waals surface area (Å²) in [5.74, 6) is 3.73. The lowest BCUT2D eigenvalue weighted by Gasteiger charge is -2.03. The number of aromatic hydroxyl groups is 1. The van der Waals surface area contributed by atoms with Crippen molar-refractivity contribution in [2.24, 2.45) is 7.05 Å². The van der Waals surface area contributed by atoms with E-state index < -0.39 is 16.7 Å². The van der Waals surface area contributed by atoms with E-state index in [1.165, 1.54) is 6.07 Å². The maximum atomic E-state index is 12.3. The third-order valence-electron chi connectivity index (χ3n) is 4.09. The fraction of sp³-hybridized carbons (Fsp3) is 0.158. The Morgan fingerprint density at radius 2 is 1.86 bits per heavy atom. The minimum Gasteiger partial charge on any atom is -0.507 e. The molecule has 3 N–H and O–H groups in total. The Morgan fingerprint density at radius 3 is 2.48 bits per heavy atom. The Kier molecular flexibility index (Phi) is 5.50. The van der Waals surface area contributed by atoms with Gasteiger partial charge in [0.15, 0.2) is 5.76 Å². The first kappa shape index (κ1) is 19.5. The largest absolute Gasteiger partial charge is 0.507 e. The average Bonchev–Trinajstić information content (AvgIpc) is 3.31. The molecule has 0 atom stereocenters. The van der Waals surface area contributed by atoms with Crippen molar-refractivity contribution in [1.29, 1.82) is 0 Å². The molecule has 0 radical (unpaired) electrons. The van der Waals surface area contributed by atoms with Gasteiger partial charge in [-0.1, -0.05) is 17.9 Å². The first-order valence-corrected chi connectivity index (χ1v) is 8.42. The van der Waals surface area contributed by atoms with E-state index in [1.54, 1.807) is 35.9 Å². The van der Waals surface area contributed by atoms with Crippen LogP contribution in [0.25, 0.3) is 10.9 Å². The maximum Gasteiger partial charge on any atom is 0.433 e. The molecule has 0 saturated heterocycles. The third kappa shape index (κ3) is 4.19. The summed E-state index contributed by atoms with van der Waals surface area (Å²) in [7, 11) is 1.72. The Bertz CT molecular complexity index is 1160. The number of nitrogens with zero attached hydrogens (tertiary/aromatic N) is 2. The number of aromatic nitrogens is 1. The van der Waals surface area contributed by atoms with Gasteiger partial charge in [-0.25, -0.2) is 0 Å². The number of nitrogens with one attached hydrogen (secondary N) is 2. The summed E-state index contributed by atoms with van der Waals surface area (Å²) in [6.45, 7) is 0.0273. The molecule has 0 saturated carbocycles. The standard InChI is InChI=1S/C19H16N4O6/c1-22-13-5-4-6-15(24)12(13)11-14(22)18(25)20-9-2-3-10-21-19(26)16-7-8-17(29-16)23(27)28/h4-8,11,24H,9-10H2,1H3,(H,20,25)(H,21,26). The van der Waals surface area contributed by atoms with Crippen LogP contribution in [0.5, 0.6) is 5.75 Å². The molecule has 3 aromatic rings. The molecule has 0 spiro atoms. The molecular formula is C19H16N4O6. The molecule has 10 heteroatoms. The molecule has 3 rings (SSSR count). The molecule has 2 amide bonds. The highest BCUT2D eigenvalue weighted by Crippen LogP contribution is 2.26. The van der Waals surface area contributed by atoms with Crippen LogP contribution in [0.15, 0.2) is 40.8 Å². The average molecular weight is 396 g/mol. The van der Waals surface area contributed by atoms with Crippen molar-refractivity contribution in [2.45, 2.75) is 0 Å². The summed E-state index contributed by atoms with van der Waals surface area (Å²) >= 11 is 0. The summed E-state index contributed by atoms with van der Waals surface area (Å²) in [6.07, 6.45) is 0. The minimum absolute atomic E-state index is 0.0227. The van der Waals surface area contributed by atoms with Gasteiger partial charge in [0, 0.05) is 12.4 Å². The fourth-order valence-corrected chi connectivity index (χ4v) is 2.66. The fourth-order valence-electron chi connectivity index (χ4n) is 2.66. The highest BCUT2D eigenvalue weighted by Gasteiger charge is 2.16. The number of furan rings is 1. The minimum atomic E-state index is -0.740. The first-order chi connectivity index (χ1) is 13.9. The normalized spacial score (nSPS) is 10.2. The highest BCUT2D eigenvalue weighted by molar-refractivity contribution is 6.00. The van der Waals surface area contributed by atoms with Crippen LogP contribution >= 0.6 is 0 Å². The number of hydrogen-bond acceptors (Lipinski definition) is 6. The molecule has 0 bridgehead atoms. The number of rotatable bonds is 5. The van der Waals surface area contributed by atoms with Gasteiger partial charge in [-0.3, -0.25) is 19.7 Å². The van der Waals surface area contributed by atoms with Gasteiger partial charge in [-0.05, 0) is 24.3 Å². The van der Waals surface area contributed by atoms with E-state index >= 15 is 0 Å². The van der Waals surface area contributed by atoms with Crippen molar-refractivity contribution in [3.8, 4) is 17.6 Å². The van der Waals surface area contributed by atoms with Crippen LogP contribution in [0.3, 0.4) is 0 Å². The molecule has 0 unspecified atom stereocenters. The van der Waals surface area contributed by atoms with Crippen molar-refractivity contribution < 1.29 is 24.0 Å². The molecule has 148 valence electrons. The molecule has 10 nitrogen and oxygen atoms in total. The number of phenols is 1. The Labute approximate surface area is 164 Å². The van der Waals surface area contributed by atoms with E-state index in [0.29, 0.717) is 11.1 Å². The molecule has 29 heavy (non-hydrogen) atoms. The number of hydrogen-bond donors (Lipinski definition) is 3. The van der Waals surface area contributed by atoms with E-state index in [4.69, 9.17) is 4.42 Å². The second kappa shape index (κ2) is 8.18. The topological polar surface area (TPSA) is 140 Å². The lowest BCUT2D eigenvalue weighted by Crippen LogP contribution is -2.26. The maximum absolute atomic E-state index is 12.3. The summed E-state index contributed by atoms with van der Waals surface area (Å²) < 4.78 is 6.44. The molecule has 1 aromatic carbocycles. The summed E-state index contributed by atoms with van der Waals surface area (Å²) in [4.78, 5) is 33.9. The summed E-state index contributed by atoms with van der Waals surface area (Å²) in [6, 6.07) is 8.91. The van der Waals surface area contributed by atoms with Gasteiger partial charge in [0.25, 0.3) is 11.8 Å². The number of nitro groups is 1. The van der Waals surface area contributed by atoms with Gasteiger partial charge in [-0.15, -0.1) is 0 Å². The Balaban J connectivity index is 1.50. The molecular weight excluding hydrogens is 380 g/mol. The van der Waals surface area contributed by atoms with Crippen LogP contribution in [0.2, 0.25) is 0 Å². The van der Waals surface area contributed by atoms with Crippen molar-refractivity contribution >= 4 is 28.6 Å². The summed E-state index contributed by atoms with van der Waals surface area (Å²) in [5.41, 5.74) is 1.10. The van der Waals surface area contributed by atoms with E-state index in [-0.39, 0.29) is 30.5 Å². The zero-order valence-electron chi connectivity index (χ0n) is 15.3. The number of aryl methyl sites for hydroxylation is 1. The predicted octanol–water partition coefficient (Wildman–Crippen LogP) is 1.55. The lowest BCUT2D eigenvalue weighted by atomic mass is 10.2. The van der Waals surface area contributed by atoms with Crippen molar-refractivity contribution in [2.75, 3.05) is 13.1 Å². The Morgan fingerprint density at radius 1 is 1.17 bits per heavy atom. The predicted molar refractivity (Wildman–Crippen MR) is 102 cm³/mol. The second-order valence-electron chi connectivity index (χ2n) is 5.91. The van der Waals surface area contributed by atoms with E-state index in [0.717, 1.165) is 11.6 Å². The molecule has 2 aromatic heterocycles. The van der Waals surface area contributed by atoms with E-state index in [2.05, 4.69) is 22.5 Å². The molecule has 2 heterocycles. The monoisotopic (exact) mass is 396 g/mol. The second-order valence-corrected chi connectivity index (χ2v) is 5.91. The van der Waals surface area contributed by atoms with Crippen LogP contribution in [-0.4, -0.2) is 39.5 Å². The van der Waals surface area contributed by atoms with Crippen LogP contribution < -0.4 is 10.6 Å². The van der Waals surface area contributed by atoms with Gasteiger partial charge >= 0.3 is 5.88 Å². The third-order valence-corrected chi connectivity index (χ3v) is 4.09. The SMILES string of the molecule is Cn1c(C(=O)NCC#CCNC(=O)c2ccc([N+](=O)[O-])o2)cc2c(O)cccc21. The van der Waals surface area contributed by atoms with Gasteiger partial charge < -0.3 is 24.7 Å². The quantitative estimate of drug-likeness (QED) is 0.340. The van der Waals surface area contributed by atoms with Crippen LogP contribution in [0, 0.1) is 22.0 Å². The van der Waals surface area contributed by atoms with Crippen molar-refractivity contribution in [3.05, 3.63) is 58.0 Å². The van der Waals surface area contributed by atoms with E-state index in [1.807, 2.05) is 0 Å². The molecule has 0 fully saturated rings. The summed E-state index contributed by atoms with van der Waals surface area (Å²) in [5, 5.41) is 26.0. The molecule has 0 aliphatic heterocycles. The van der Waals surface area contributed by atoms with Gasteiger partial charge in [0.1, 0.15) is 16.4 Å².